The molecule has 0 aliphatic heterocycles. The van der Waals surface area contributed by atoms with E-state index in [1.54, 1.807) is 31.3 Å². The fraction of sp³-hybridized carbons (Fsp3) is 0.286. The molecule has 0 radical (unpaired) electrons. The Morgan fingerprint density at radius 2 is 2.06 bits per heavy atom. The average molecular weight is 431 g/mol. The topological polar surface area (TPSA) is 92.5 Å². The van der Waals surface area contributed by atoms with E-state index in [9.17, 15) is 18.7 Å². The van der Waals surface area contributed by atoms with Crippen molar-refractivity contribution >= 4 is 11.6 Å². The summed E-state index contributed by atoms with van der Waals surface area (Å²) in [6, 6.07) is 9.91. The van der Waals surface area contributed by atoms with Gasteiger partial charge in [-0.25, -0.2) is 18.4 Å². The number of nitrogens with zero attached hydrogens (tertiary/aromatic N) is 4. The highest BCUT2D eigenvalue weighted by Gasteiger charge is 2.35. The van der Waals surface area contributed by atoms with Crippen molar-refractivity contribution in [3.63, 3.8) is 0 Å². The number of halogens is 2. The van der Waals surface area contributed by atoms with Crippen LogP contribution in [-0.2, 0) is 16.9 Å². The van der Waals surface area contributed by atoms with Crippen molar-refractivity contribution in [2.75, 3.05) is 32.6 Å². The number of anilines is 1. The summed E-state index contributed by atoms with van der Waals surface area (Å²) in [7, 11) is 3.11. The second-order valence-corrected chi connectivity index (χ2v) is 7.17. The number of amides is 1. The van der Waals surface area contributed by atoms with Gasteiger partial charge in [0, 0.05) is 18.2 Å². The molecule has 0 aliphatic rings. The standard InChI is InChI=1S/C21H23F2N5O3/c1-27(10-20(29)26-18-5-3-4-6-19(18)31-2)11-21(30,12-28-14-24-13-25-28)16-8-7-15(22)9-17(16)23/h3-9,13-14,30H,10-12H2,1-2H3,(H,26,29). The molecule has 1 aromatic heterocycles. The molecule has 0 fully saturated rings. The Labute approximate surface area is 178 Å². The van der Waals surface area contributed by atoms with Gasteiger partial charge >= 0.3 is 0 Å². The number of ether oxygens (including phenoxy) is 1. The van der Waals surface area contributed by atoms with Crippen molar-refractivity contribution in [1.29, 1.82) is 0 Å². The molecule has 2 N–H and O–H groups in total. The predicted octanol–water partition coefficient (Wildman–Crippen LogP) is 2.02. The van der Waals surface area contributed by atoms with E-state index in [0.29, 0.717) is 17.5 Å². The normalized spacial score (nSPS) is 13.1. The molecule has 0 bridgehead atoms. The minimum atomic E-state index is -1.80. The molecule has 0 saturated heterocycles. The Morgan fingerprint density at radius 3 is 2.74 bits per heavy atom. The van der Waals surface area contributed by atoms with Crippen LogP contribution in [0.1, 0.15) is 5.56 Å². The van der Waals surface area contributed by atoms with Crippen LogP contribution >= 0.6 is 0 Å². The van der Waals surface area contributed by atoms with E-state index in [2.05, 4.69) is 15.4 Å². The van der Waals surface area contributed by atoms with E-state index in [0.717, 1.165) is 6.07 Å². The quantitative estimate of drug-likeness (QED) is 0.539. The first-order chi connectivity index (χ1) is 14.8. The third-order valence-corrected chi connectivity index (χ3v) is 4.65. The zero-order chi connectivity index (χ0) is 22.4. The summed E-state index contributed by atoms with van der Waals surface area (Å²) < 4.78 is 34.4. The second-order valence-electron chi connectivity index (χ2n) is 7.17. The number of para-hydroxylation sites is 2. The zero-order valence-corrected chi connectivity index (χ0v) is 17.1. The third kappa shape index (κ3) is 5.62. The maximum absolute atomic E-state index is 14.5. The first-order valence-electron chi connectivity index (χ1n) is 9.42. The molecule has 0 saturated carbocycles. The lowest BCUT2D eigenvalue weighted by Gasteiger charge is -2.33. The van der Waals surface area contributed by atoms with Crippen LogP contribution in [0, 0.1) is 11.6 Å². The Morgan fingerprint density at radius 1 is 1.29 bits per heavy atom. The molecule has 0 spiro atoms. The van der Waals surface area contributed by atoms with Crippen molar-refractivity contribution in [1.82, 2.24) is 19.7 Å². The first-order valence-corrected chi connectivity index (χ1v) is 9.42. The van der Waals surface area contributed by atoms with E-state index >= 15 is 0 Å². The van der Waals surface area contributed by atoms with Crippen molar-refractivity contribution in [2.45, 2.75) is 12.1 Å². The number of nitrogens with one attached hydrogen (secondary N) is 1. The molecule has 1 heterocycles. The van der Waals surface area contributed by atoms with Gasteiger partial charge in [0.05, 0.1) is 25.9 Å². The van der Waals surface area contributed by atoms with Crippen LogP contribution in [0.25, 0.3) is 0 Å². The number of aliphatic hydroxyl groups is 1. The van der Waals surface area contributed by atoms with Crippen molar-refractivity contribution < 1.29 is 23.4 Å². The zero-order valence-electron chi connectivity index (χ0n) is 17.1. The molecule has 1 amide bonds. The van der Waals surface area contributed by atoms with E-state index in [1.165, 1.54) is 35.4 Å². The van der Waals surface area contributed by atoms with Crippen molar-refractivity contribution in [3.05, 3.63) is 72.3 Å². The van der Waals surface area contributed by atoms with Crippen molar-refractivity contribution in [3.8, 4) is 5.75 Å². The van der Waals surface area contributed by atoms with Gasteiger partial charge in [-0.1, -0.05) is 18.2 Å². The van der Waals surface area contributed by atoms with Gasteiger partial charge in [0.25, 0.3) is 0 Å². The van der Waals surface area contributed by atoms with Crippen LogP contribution < -0.4 is 10.1 Å². The van der Waals surface area contributed by atoms with Gasteiger partial charge in [-0.05, 0) is 25.2 Å². The summed E-state index contributed by atoms with van der Waals surface area (Å²) in [4.78, 5) is 17.9. The van der Waals surface area contributed by atoms with Gasteiger partial charge in [0.1, 0.15) is 35.6 Å². The predicted molar refractivity (Wildman–Crippen MR) is 109 cm³/mol. The van der Waals surface area contributed by atoms with E-state index < -0.39 is 17.2 Å². The first kappa shape index (κ1) is 22.3. The lowest BCUT2D eigenvalue weighted by molar-refractivity contribution is -0.118. The molecular formula is C21H23F2N5O3. The van der Waals surface area contributed by atoms with Gasteiger partial charge < -0.3 is 15.2 Å². The molecule has 3 rings (SSSR count). The molecular weight excluding hydrogens is 408 g/mol. The number of aromatic nitrogens is 3. The third-order valence-electron chi connectivity index (χ3n) is 4.65. The minimum absolute atomic E-state index is 0.0967. The number of hydrogen-bond donors (Lipinski definition) is 2. The Bertz CT molecular complexity index is 1030. The number of likely N-dealkylation sites (N-methyl/N-ethyl adjacent to an activating group) is 1. The van der Waals surface area contributed by atoms with Crippen LogP contribution in [0.15, 0.2) is 55.1 Å². The van der Waals surface area contributed by atoms with Gasteiger partial charge in [-0.15, -0.1) is 0 Å². The van der Waals surface area contributed by atoms with Gasteiger partial charge in [0.2, 0.25) is 5.91 Å². The molecule has 2 aromatic carbocycles. The largest absolute Gasteiger partial charge is 0.495 e. The smallest absolute Gasteiger partial charge is 0.238 e. The molecule has 1 unspecified atom stereocenters. The maximum Gasteiger partial charge on any atom is 0.238 e. The van der Waals surface area contributed by atoms with Gasteiger partial charge in [-0.2, -0.15) is 5.10 Å². The summed E-state index contributed by atoms with van der Waals surface area (Å²) in [5, 5.41) is 18.0. The summed E-state index contributed by atoms with van der Waals surface area (Å²) in [6.07, 6.45) is 2.66. The summed E-state index contributed by atoms with van der Waals surface area (Å²) in [6.45, 7) is -0.372. The Hall–Kier alpha value is -3.37. The van der Waals surface area contributed by atoms with Crippen LogP contribution in [0.2, 0.25) is 0 Å². The molecule has 164 valence electrons. The number of rotatable bonds is 9. The van der Waals surface area contributed by atoms with E-state index in [-0.39, 0.29) is 31.1 Å². The monoisotopic (exact) mass is 431 g/mol. The molecule has 10 heteroatoms. The van der Waals surface area contributed by atoms with Crippen LogP contribution in [0.4, 0.5) is 14.5 Å². The highest BCUT2D eigenvalue weighted by molar-refractivity contribution is 5.93. The van der Waals surface area contributed by atoms with Gasteiger partial charge in [0.15, 0.2) is 0 Å². The SMILES string of the molecule is COc1ccccc1NC(=O)CN(C)CC(O)(Cn1cncn1)c1ccc(F)cc1F. The van der Waals surface area contributed by atoms with E-state index in [1.807, 2.05) is 0 Å². The second kappa shape index (κ2) is 9.63. The molecule has 3 aromatic rings. The lowest BCUT2D eigenvalue weighted by Crippen LogP contribution is -2.45. The van der Waals surface area contributed by atoms with Crippen molar-refractivity contribution in [2.24, 2.45) is 0 Å². The van der Waals surface area contributed by atoms with Crippen LogP contribution in [0.5, 0.6) is 5.75 Å². The Balaban J connectivity index is 1.76. The number of methoxy groups -OCH3 is 1. The Kier molecular flexibility index (Phi) is 6.93. The average Bonchev–Trinajstić information content (AvgIpc) is 3.20. The molecule has 31 heavy (non-hydrogen) atoms. The number of carbonyl (C=O) groups is 1. The number of hydrogen-bond acceptors (Lipinski definition) is 6. The number of carbonyl (C=O) groups excluding carboxylic acids is 1. The molecule has 0 aliphatic carbocycles. The highest BCUT2D eigenvalue weighted by Crippen LogP contribution is 2.28. The lowest BCUT2D eigenvalue weighted by atomic mass is 9.92. The molecule has 8 nitrogen and oxygen atoms in total. The maximum atomic E-state index is 14.5. The highest BCUT2D eigenvalue weighted by atomic mass is 19.1. The van der Waals surface area contributed by atoms with Crippen LogP contribution in [0.3, 0.4) is 0 Å². The summed E-state index contributed by atoms with van der Waals surface area (Å²) >= 11 is 0. The summed E-state index contributed by atoms with van der Waals surface area (Å²) in [5.41, 5.74) is -1.41. The fourth-order valence-corrected chi connectivity index (χ4v) is 3.35. The minimum Gasteiger partial charge on any atom is -0.495 e. The molecule has 1 atom stereocenters. The number of benzene rings is 2. The summed E-state index contributed by atoms with van der Waals surface area (Å²) in [5.74, 6) is -1.49. The fourth-order valence-electron chi connectivity index (χ4n) is 3.35. The van der Waals surface area contributed by atoms with Gasteiger partial charge in [-0.3, -0.25) is 9.69 Å². The van der Waals surface area contributed by atoms with Crippen LogP contribution in [-0.4, -0.2) is 57.9 Å². The van der Waals surface area contributed by atoms with E-state index in [4.69, 9.17) is 4.74 Å².